The minimum Gasteiger partial charge on any atom is -0.378 e. The second-order valence-corrected chi connectivity index (χ2v) is 6.28. The molecule has 1 rings (SSSR count). The Labute approximate surface area is 126 Å². The van der Waals surface area contributed by atoms with Crippen LogP contribution in [0.2, 0.25) is 0 Å². The summed E-state index contributed by atoms with van der Waals surface area (Å²) in [6.45, 7) is 11.6. The van der Waals surface area contributed by atoms with E-state index in [0.29, 0.717) is 6.10 Å². The maximum absolute atomic E-state index is 6.10. The molecule has 1 saturated heterocycles. The van der Waals surface area contributed by atoms with Crippen LogP contribution in [0.1, 0.15) is 58.8 Å². The van der Waals surface area contributed by atoms with Crippen molar-refractivity contribution in [3.63, 3.8) is 0 Å². The molecule has 1 aliphatic heterocycles. The molecule has 3 nitrogen and oxygen atoms in total. The molecule has 1 aliphatic rings. The monoisotopic (exact) mass is 284 g/mol. The maximum atomic E-state index is 6.10. The van der Waals surface area contributed by atoms with Crippen molar-refractivity contribution in [3.8, 4) is 0 Å². The molecular weight excluding hydrogens is 248 g/mol. The first-order valence-corrected chi connectivity index (χ1v) is 8.78. The van der Waals surface area contributed by atoms with Crippen LogP contribution in [0.3, 0.4) is 0 Å². The van der Waals surface area contributed by atoms with Crippen LogP contribution < -0.4 is 0 Å². The third-order valence-corrected chi connectivity index (χ3v) is 4.31. The molecule has 1 heterocycles. The summed E-state index contributed by atoms with van der Waals surface area (Å²) in [5.41, 5.74) is 0. The summed E-state index contributed by atoms with van der Waals surface area (Å²) in [4.78, 5) is 4.99. The van der Waals surface area contributed by atoms with Crippen molar-refractivity contribution >= 4 is 0 Å². The summed E-state index contributed by atoms with van der Waals surface area (Å²) < 4.78 is 6.10. The van der Waals surface area contributed by atoms with Gasteiger partial charge in [-0.05, 0) is 26.3 Å². The molecule has 0 saturated carbocycles. The van der Waals surface area contributed by atoms with E-state index in [1.165, 1.54) is 77.7 Å². The lowest BCUT2D eigenvalue weighted by molar-refractivity contribution is 0.0316. The quantitative estimate of drug-likeness (QED) is 0.541. The Morgan fingerprint density at radius 1 is 0.900 bits per heavy atom. The van der Waals surface area contributed by atoms with Gasteiger partial charge >= 0.3 is 0 Å². The summed E-state index contributed by atoms with van der Waals surface area (Å²) in [5, 5.41) is 0. The topological polar surface area (TPSA) is 15.7 Å². The van der Waals surface area contributed by atoms with Crippen molar-refractivity contribution in [2.45, 2.75) is 64.9 Å². The Bertz CT molecular complexity index is 215. The molecular formula is C17H36N2O. The first kappa shape index (κ1) is 17.9. The number of rotatable bonds is 11. The lowest BCUT2D eigenvalue weighted by atomic mass is 10.1. The minimum absolute atomic E-state index is 0.513. The average molecular weight is 284 g/mol. The first-order valence-electron chi connectivity index (χ1n) is 8.78. The largest absolute Gasteiger partial charge is 0.378 e. The number of likely N-dealkylation sites (N-methyl/N-ethyl adjacent to an activating group) is 1. The summed E-state index contributed by atoms with van der Waals surface area (Å²) in [5.74, 6) is 0. The Morgan fingerprint density at radius 3 is 2.30 bits per heavy atom. The Morgan fingerprint density at radius 2 is 1.65 bits per heavy atom. The molecule has 1 atom stereocenters. The normalized spacial score (nSPS) is 19.4. The molecule has 1 fully saturated rings. The van der Waals surface area contributed by atoms with Gasteiger partial charge in [0, 0.05) is 39.3 Å². The summed E-state index contributed by atoms with van der Waals surface area (Å²) in [7, 11) is 2.21. The molecule has 0 aliphatic carbocycles. The van der Waals surface area contributed by atoms with Crippen molar-refractivity contribution in [3.05, 3.63) is 0 Å². The Balaban J connectivity index is 2.04. The van der Waals surface area contributed by atoms with Gasteiger partial charge in [-0.3, -0.25) is 0 Å². The number of hydrogen-bond acceptors (Lipinski definition) is 3. The van der Waals surface area contributed by atoms with E-state index in [1.54, 1.807) is 0 Å². The van der Waals surface area contributed by atoms with Gasteiger partial charge in [0.1, 0.15) is 0 Å². The lowest BCUT2D eigenvalue weighted by Gasteiger charge is -2.32. The van der Waals surface area contributed by atoms with Gasteiger partial charge in [-0.1, -0.05) is 39.5 Å². The minimum atomic E-state index is 0.513. The fraction of sp³-hybridized carbons (Fsp3) is 1.00. The van der Waals surface area contributed by atoms with E-state index < -0.39 is 0 Å². The third-order valence-electron chi connectivity index (χ3n) is 4.31. The van der Waals surface area contributed by atoms with Crippen LogP contribution in [-0.4, -0.2) is 62.3 Å². The molecule has 0 aromatic rings. The zero-order valence-electron chi connectivity index (χ0n) is 14.1. The Kier molecular flexibility index (Phi) is 10.3. The van der Waals surface area contributed by atoms with Gasteiger partial charge in [0.2, 0.25) is 0 Å². The van der Waals surface area contributed by atoms with E-state index in [1.807, 2.05) is 0 Å². The van der Waals surface area contributed by atoms with Gasteiger partial charge in [0.25, 0.3) is 0 Å². The number of nitrogens with zero attached hydrogens (tertiary/aromatic N) is 2. The highest BCUT2D eigenvalue weighted by Gasteiger charge is 2.13. The lowest BCUT2D eigenvalue weighted by Crippen LogP contribution is -2.44. The van der Waals surface area contributed by atoms with Gasteiger partial charge in [0.15, 0.2) is 0 Å². The standard InChI is InChI=1S/C17H36N2O/c1-4-6-7-10-17(9-5-2)20-16-8-11-19-14-12-18(3)13-15-19/h17H,4-16H2,1-3H3. The van der Waals surface area contributed by atoms with Crippen LogP contribution in [0, 0.1) is 0 Å². The highest BCUT2D eigenvalue weighted by molar-refractivity contribution is 4.69. The van der Waals surface area contributed by atoms with Crippen LogP contribution in [0.15, 0.2) is 0 Å². The maximum Gasteiger partial charge on any atom is 0.0575 e. The van der Waals surface area contributed by atoms with Crippen LogP contribution in [0.4, 0.5) is 0 Å². The van der Waals surface area contributed by atoms with E-state index >= 15 is 0 Å². The molecule has 0 aromatic carbocycles. The van der Waals surface area contributed by atoms with Crippen molar-refractivity contribution in [1.29, 1.82) is 0 Å². The van der Waals surface area contributed by atoms with Gasteiger partial charge in [0.05, 0.1) is 6.10 Å². The van der Waals surface area contributed by atoms with E-state index in [4.69, 9.17) is 4.74 Å². The molecule has 0 bridgehead atoms. The van der Waals surface area contributed by atoms with E-state index in [9.17, 15) is 0 Å². The summed E-state index contributed by atoms with van der Waals surface area (Å²) in [6.07, 6.45) is 9.44. The number of ether oxygens (including phenoxy) is 1. The smallest absolute Gasteiger partial charge is 0.0575 e. The van der Waals surface area contributed by atoms with E-state index in [0.717, 1.165) is 6.61 Å². The summed E-state index contributed by atoms with van der Waals surface area (Å²) >= 11 is 0. The van der Waals surface area contributed by atoms with Gasteiger partial charge in [-0.15, -0.1) is 0 Å². The Hall–Kier alpha value is -0.120. The highest BCUT2D eigenvalue weighted by Crippen LogP contribution is 2.12. The van der Waals surface area contributed by atoms with Crippen molar-refractivity contribution in [2.75, 3.05) is 46.4 Å². The molecule has 0 spiro atoms. The molecule has 0 aromatic heterocycles. The van der Waals surface area contributed by atoms with Crippen molar-refractivity contribution in [1.82, 2.24) is 9.80 Å². The van der Waals surface area contributed by atoms with Gasteiger partial charge in [-0.25, -0.2) is 0 Å². The number of piperazine rings is 1. The molecule has 0 amide bonds. The first-order chi connectivity index (χ1) is 9.76. The fourth-order valence-electron chi connectivity index (χ4n) is 2.86. The molecule has 120 valence electrons. The molecule has 20 heavy (non-hydrogen) atoms. The van der Waals surface area contributed by atoms with Crippen molar-refractivity contribution < 1.29 is 4.74 Å². The van der Waals surface area contributed by atoms with Crippen LogP contribution >= 0.6 is 0 Å². The van der Waals surface area contributed by atoms with E-state index in [-0.39, 0.29) is 0 Å². The fourth-order valence-corrected chi connectivity index (χ4v) is 2.86. The van der Waals surface area contributed by atoms with Crippen LogP contribution in [-0.2, 0) is 4.74 Å². The second-order valence-electron chi connectivity index (χ2n) is 6.28. The number of unbranched alkanes of at least 4 members (excludes halogenated alkanes) is 2. The molecule has 0 radical (unpaired) electrons. The molecule has 0 N–H and O–H groups in total. The SMILES string of the molecule is CCCCCC(CCC)OCCCN1CCN(C)CC1. The van der Waals surface area contributed by atoms with Gasteiger partial charge < -0.3 is 14.5 Å². The van der Waals surface area contributed by atoms with Gasteiger partial charge in [-0.2, -0.15) is 0 Å². The third kappa shape index (κ3) is 8.23. The zero-order chi connectivity index (χ0) is 14.6. The second kappa shape index (κ2) is 11.5. The van der Waals surface area contributed by atoms with Crippen LogP contribution in [0.5, 0.6) is 0 Å². The zero-order valence-corrected chi connectivity index (χ0v) is 14.1. The average Bonchev–Trinajstić information content (AvgIpc) is 2.45. The van der Waals surface area contributed by atoms with E-state index in [2.05, 4.69) is 30.7 Å². The van der Waals surface area contributed by atoms with Crippen LogP contribution in [0.25, 0.3) is 0 Å². The molecule has 1 unspecified atom stereocenters. The number of hydrogen-bond donors (Lipinski definition) is 0. The predicted octanol–water partition coefficient (Wildman–Crippen LogP) is 3.39. The summed E-state index contributed by atoms with van der Waals surface area (Å²) in [6, 6.07) is 0. The highest BCUT2D eigenvalue weighted by atomic mass is 16.5. The predicted molar refractivity (Wildman–Crippen MR) is 87.3 cm³/mol. The molecule has 3 heteroatoms. The van der Waals surface area contributed by atoms with Crippen molar-refractivity contribution in [2.24, 2.45) is 0 Å².